The minimum Gasteiger partial charge on any atom is -0.338 e. The third-order valence-electron chi connectivity index (χ3n) is 4.56. The van der Waals surface area contributed by atoms with Gasteiger partial charge >= 0.3 is 0 Å². The largest absolute Gasteiger partial charge is 0.338 e. The summed E-state index contributed by atoms with van der Waals surface area (Å²) in [5, 5.41) is 11.2. The Balaban J connectivity index is 1.49. The lowest BCUT2D eigenvalue weighted by molar-refractivity contribution is 0.0832. The molecule has 24 heavy (non-hydrogen) atoms. The Bertz CT molecular complexity index is 630. The Kier molecular flexibility index (Phi) is 5.57. The molecule has 8 nitrogen and oxygen atoms in total. The van der Waals surface area contributed by atoms with Gasteiger partial charge < -0.3 is 4.52 Å². The maximum absolute atomic E-state index is 5.46. The summed E-state index contributed by atoms with van der Waals surface area (Å²) in [6, 6.07) is 0.167. The number of unbranched alkanes of at least 4 members (excludes halogenated alkanes) is 1. The van der Waals surface area contributed by atoms with Crippen LogP contribution in [0, 0.1) is 6.92 Å². The van der Waals surface area contributed by atoms with Gasteiger partial charge in [-0.05, 0) is 20.3 Å². The molecule has 2 aromatic heterocycles. The van der Waals surface area contributed by atoms with Crippen molar-refractivity contribution in [1.82, 2.24) is 35.1 Å². The number of aromatic nitrogens is 5. The van der Waals surface area contributed by atoms with Crippen LogP contribution >= 0.6 is 0 Å². The van der Waals surface area contributed by atoms with Gasteiger partial charge in [-0.25, -0.2) is 4.98 Å². The van der Waals surface area contributed by atoms with Crippen molar-refractivity contribution in [3.63, 3.8) is 0 Å². The van der Waals surface area contributed by atoms with E-state index < -0.39 is 0 Å². The first-order chi connectivity index (χ1) is 11.7. The minimum atomic E-state index is 0.167. The number of hydrogen-bond donors (Lipinski definition) is 1. The van der Waals surface area contributed by atoms with Gasteiger partial charge in [0.15, 0.2) is 11.6 Å². The average Bonchev–Trinajstić information content (AvgIpc) is 3.22. The zero-order chi connectivity index (χ0) is 16.9. The van der Waals surface area contributed by atoms with Crippen LogP contribution in [0.5, 0.6) is 0 Å². The fourth-order valence-electron chi connectivity index (χ4n) is 3.00. The first-order valence-corrected chi connectivity index (χ1v) is 8.82. The van der Waals surface area contributed by atoms with Crippen LogP contribution in [0.3, 0.4) is 0 Å². The summed E-state index contributed by atoms with van der Waals surface area (Å²) in [7, 11) is 0. The quantitative estimate of drug-likeness (QED) is 0.825. The molecule has 1 fully saturated rings. The molecule has 1 aliphatic heterocycles. The lowest BCUT2D eigenvalue weighted by Gasteiger charge is -2.36. The maximum atomic E-state index is 5.46. The number of nitrogens with one attached hydrogen (secondary N) is 1. The van der Waals surface area contributed by atoms with Gasteiger partial charge in [-0.2, -0.15) is 10.1 Å². The highest BCUT2D eigenvalue weighted by Crippen LogP contribution is 2.20. The molecular formula is C16H27N7O. The summed E-state index contributed by atoms with van der Waals surface area (Å²) in [5.74, 6) is 3.30. The van der Waals surface area contributed by atoms with Crippen LogP contribution in [0.1, 0.15) is 56.1 Å². The molecule has 0 aromatic carbocycles. The van der Waals surface area contributed by atoms with Gasteiger partial charge in [-0.3, -0.25) is 14.9 Å². The molecule has 3 rings (SSSR count). The summed E-state index contributed by atoms with van der Waals surface area (Å²) in [5.41, 5.74) is 0. The van der Waals surface area contributed by atoms with Gasteiger partial charge in [0.05, 0.1) is 12.6 Å². The summed E-state index contributed by atoms with van der Waals surface area (Å²) in [6.45, 7) is 11.0. The van der Waals surface area contributed by atoms with E-state index in [1.54, 1.807) is 0 Å². The van der Waals surface area contributed by atoms with E-state index >= 15 is 0 Å². The van der Waals surface area contributed by atoms with E-state index in [2.05, 4.69) is 49.0 Å². The normalized spacial score (nSPS) is 18.1. The van der Waals surface area contributed by atoms with Crippen LogP contribution in [0.25, 0.3) is 0 Å². The Morgan fingerprint density at radius 3 is 2.62 bits per heavy atom. The second-order valence-electron chi connectivity index (χ2n) is 6.48. The Morgan fingerprint density at radius 1 is 1.17 bits per heavy atom. The number of hydrogen-bond acceptors (Lipinski definition) is 7. The number of rotatable bonds is 7. The van der Waals surface area contributed by atoms with E-state index in [9.17, 15) is 0 Å². The summed E-state index contributed by atoms with van der Waals surface area (Å²) in [4.78, 5) is 13.7. The molecule has 1 N–H and O–H groups in total. The first kappa shape index (κ1) is 17.0. The van der Waals surface area contributed by atoms with E-state index in [4.69, 9.17) is 4.52 Å². The highest BCUT2D eigenvalue weighted by atomic mass is 16.5. The Hall–Kier alpha value is -1.80. The molecule has 0 unspecified atom stereocenters. The molecule has 8 heteroatoms. The molecule has 0 bridgehead atoms. The fraction of sp³-hybridized carbons (Fsp3) is 0.750. The number of piperazine rings is 1. The van der Waals surface area contributed by atoms with E-state index in [1.807, 2.05) is 6.92 Å². The average molecular weight is 333 g/mol. The van der Waals surface area contributed by atoms with Crippen molar-refractivity contribution < 1.29 is 4.52 Å². The molecule has 1 saturated heterocycles. The summed E-state index contributed by atoms with van der Waals surface area (Å²) >= 11 is 0. The van der Waals surface area contributed by atoms with Crippen molar-refractivity contribution in [3.05, 3.63) is 23.4 Å². The Labute approximate surface area is 142 Å². The number of H-pyrrole nitrogens is 1. The number of aromatic amines is 1. The van der Waals surface area contributed by atoms with Crippen LogP contribution in [-0.4, -0.2) is 61.3 Å². The maximum Gasteiger partial charge on any atom is 0.243 e. The van der Waals surface area contributed by atoms with Crippen LogP contribution in [0.2, 0.25) is 0 Å². The molecule has 2 aromatic rings. The van der Waals surface area contributed by atoms with E-state index in [-0.39, 0.29) is 6.04 Å². The molecule has 0 radical (unpaired) electrons. The lowest BCUT2D eigenvalue weighted by Crippen LogP contribution is -2.46. The summed E-state index contributed by atoms with van der Waals surface area (Å²) in [6.07, 6.45) is 3.15. The second-order valence-corrected chi connectivity index (χ2v) is 6.48. The lowest BCUT2D eigenvalue weighted by atomic mass is 10.2. The van der Waals surface area contributed by atoms with Crippen molar-refractivity contribution in [2.45, 2.75) is 52.6 Å². The predicted molar refractivity (Wildman–Crippen MR) is 89.3 cm³/mol. The van der Waals surface area contributed by atoms with Gasteiger partial charge in [0.2, 0.25) is 5.89 Å². The topological polar surface area (TPSA) is 87.0 Å². The molecule has 0 aliphatic carbocycles. The van der Waals surface area contributed by atoms with Gasteiger partial charge in [0, 0.05) is 32.6 Å². The van der Waals surface area contributed by atoms with Gasteiger partial charge in [-0.1, -0.05) is 18.5 Å². The zero-order valence-electron chi connectivity index (χ0n) is 14.8. The monoisotopic (exact) mass is 333 g/mol. The molecular weight excluding hydrogens is 306 g/mol. The highest BCUT2D eigenvalue weighted by molar-refractivity contribution is 4.94. The van der Waals surface area contributed by atoms with Crippen LogP contribution < -0.4 is 0 Å². The third-order valence-corrected chi connectivity index (χ3v) is 4.56. The number of nitrogens with zero attached hydrogens (tertiary/aromatic N) is 6. The summed E-state index contributed by atoms with van der Waals surface area (Å²) < 4.78 is 5.46. The number of aryl methyl sites for hydroxylation is 2. The minimum absolute atomic E-state index is 0.167. The SMILES string of the molecule is CCCCc1noc([C@@H](C)N2CCN(Cc3n[nH]c(C)n3)CC2)n1. The predicted octanol–water partition coefficient (Wildman–Crippen LogP) is 1.72. The molecule has 1 atom stereocenters. The Morgan fingerprint density at radius 2 is 1.96 bits per heavy atom. The fourth-order valence-corrected chi connectivity index (χ4v) is 3.00. The second kappa shape index (κ2) is 7.85. The van der Waals surface area contributed by atoms with Crippen molar-refractivity contribution in [1.29, 1.82) is 0 Å². The first-order valence-electron chi connectivity index (χ1n) is 8.82. The highest BCUT2D eigenvalue weighted by Gasteiger charge is 2.26. The van der Waals surface area contributed by atoms with Crippen molar-refractivity contribution in [3.8, 4) is 0 Å². The zero-order valence-corrected chi connectivity index (χ0v) is 14.8. The molecule has 132 valence electrons. The molecule has 1 aliphatic rings. The van der Waals surface area contributed by atoms with Crippen molar-refractivity contribution >= 4 is 0 Å². The van der Waals surface area contributed by atoms with Crippen molar-refractivity contribution in [2.75, 3.05) is 26.2 Å². The molecule has 0 saturated carbocycles. The van der Waals surface area contributed by atoms with Gasteiger partial charge in [0.1, 0.15) is 5.82 Å². The van der Waals surface area contributed by atoms with Crippen molar-refractivity contribution in [2.24, 2.45) is 0 Å². The van der Waals surface area contributed by atoms with E-state index in [0.29, 0.717) is 0 Å². The standard InChI is InChI=1S/C16H27N7O/c1-4-5-6-14-18-16(24-21-14)12(2)23-9-7-22(8-10-23)11-15-17-13(3)19-20-15/h12H,4-11H2,1-3H3,(H,17,19,20)/t12-/m1/s1. The smallest absolute Gasteiger partial charge is 0.243 e. The third kappa shape index (κ3) is 4.18. The van der Waals surface area contributed by atoms with Gasteiger partial charge in [-0.15, -0.1) is 0 Å². The molecule has 0 amide bonds. The van der Waals surface area contributed by atoms with E-state index in [0.717, 1.165) is 75.4 Å². The van der Waals surface area contributed by atoms with Crippen LogP contribution in [0.4, 0.5) is 0 Å². The molecule has 0 spiro atoms. The van der Waals surface area contributed by atoms with Crippen LogP contribution in [-0.2, 0) is 13.0 Å². The molecule has 3 heterocycles. The van der Waals surface area contributed by atoms with Gasteiger partial charge in [0.25, 0.3) is 0 Å². The van der Waals surface area contributed by atoms with Crippen LogP contribution in [0.15, 0.2) is 4.52 Å². The van der Waals surface area contributed by atoms with E-state index in [1.165, 1.54) is 0 Å².